The maximum absolute atomic E-state index is 13.1. The monoisotopic (exact) mass is 444 g/mol. The zero-order chi connectivity index (χ0) is 24.4. The third-order valence-electron chi connectivity index (χ3n) is 5.94. The van der Waals surface area contributed by atoms with Gasteiger partial charge >= 0.3 is 5.97 Å². The number of methoxy groups -OCH3 is 1. The van der Waals surface area contributed by atoms with Gasteiger partial charge in [0, 0.05) is 12.0 Å². The smallest absolute Gasteiger partial charge is 0.330 e. The SMILES string of the molecule is COC(=O)/C=C(C)/C=C/C=C(C)/C=C/C1=C(C)C(=O)C(C/C=C/c2ccccc2)CC1(C)C. The number of Topliss-reactive ketones (excluding diaryl/α,β-unsaturated/α-hetero) is 1. The summed E-state index contributed by atoms with van der Waals surface area (Å²) in [5, 5.41) is 0. The number of allylic oxidation sites excluding steroid dienone is 10. The van der Waals surface area contributed by atoms with Crippen LogP contribution in [0.2, 0.25) is 0 Å². The van der Waals surface area contributed by atoms with Gasteiger partial charge in [-0.15, -0.1) is 0 Å². The normalized spacial score (nSPS) is 19.8. The molecule has 1 unspecified atom stereocenters. The molecule has 0 N–H and O–H groups in total. The van der Waals surface area contributed by atoms with Gasteiger partial charge in [-0.05, 0) is 61.3 Å². The number of carbonyl (C=O) groups excluding carboxylic acids is 2. The van der Waals surface area contributed by atoms with Crippen LogP contribution in [0.15, 0.2) is 95.2 Å². The summed E-state index contributed by atoms with van der Waals surface area (Å²) in [6.07, 6.45) is 17.1. The van der Waals surface area contributed by atoms with Crippen LogP contribution in [0.5, 0.6) is 0 Å². The van der Waals surface area contributed by atoms with E-state index in [0.717, 1.165) is 40.7 Å². The molecule has 0 radical (unpaired) electrons. The molecule has 1 aliphatic rings. The van der Waals surface area contributed by atoms with Gasteiger partial charge in [-0.1, -0.05) is 92.3 Å². The first-order chi connectivity index (χ1) is 15.6. The van der Waals surface area contributed by atoms with Gasteiger partial charge in [-0.2, -0.15) is 0 Å². The van der Waals surface area contributed by atoms with E-state index in [1.807, 2.05) is 63.3 Å². The molecule has 0 heterocycles. The van der Waals surface area contributed by atoms with E-state index in [4.69, 9.17) is 0 Å². The number of esters is 1. The minimum Gasteiger partial charge on any atom is -0.466 e. The Balaban J connectivity index is 2.10. The van der Waals surface area contributed by atoms with Crippen molar-refractivity contribution < 1.29 is 14.3 Å². The number of benzene rings is 1. The molecule has 0 aromatic heterocycles. The van der Waals surface area contributed by atoms with E-state index in [0.29, 0.717) is 0 Å². The Morgan fingerprint density at radius 1 is 1.09 bits per heavy atom. The van der Waals surface area contributed by atoms with Gasteiger partial charge in [0.2, 0.25) is 0 Å². The van der Waals surface area contributed by atoms with Crippen LogP contribution in [0.1, 0.15) is 53.0 Å². The second-order valence-corrected chi connectivity index (χ2v) is 9.25. The van der Waals surface area contributed by atoms with Crippen LogP contribution in [-0.2, 0) is 14.3 Å². The Morgan fingerprint density at radius 2 is 1.79 bits per heavy atom. The summed E-state index contributed by atoms with van der Waals surface area (Å²) in [7, 11) is 1.36. The molecule has 0 amide bonds. The molecule has 1 aromatic carbocycles. The fourth-order valence-electron chi connectivity index (χ4n) is 4.15. The van der Waals surface area contributed by atoms with E-state index < -0.39 is 0 Å². The summed E-state index contributed by atoms with van der Waals surface area (Å²) < 4.78 is 4.63. The lowest BCUT2D eigenvalue weighted by atomic mass is 9.67. The summed E-state index contributed by atoms with van der Waals surface area (Å²) >= 11 is 0. The van der Waals surface area contributed by atoms with Crippen molar-refractivity contribution in [3.05, 3.63) is 101 Å². The maximum atomic E-state index is 13.1. The van der Waals surface area contributed by atoms with Crippen molar-refractivity contribution in [2.75, 3.05) is 7.11 Å². The van der Waals surface area contributed by atoms with Crippen LogP contribution in [0, 0.1) is 11.3 Å². The minimum atomic E-state index is -0.363. The van der Waals surface area contributed by atoms with Crippen LogP contribution in [0.4, 0.5) is 0 Å². The molecule has 0 bridgehead atoms. The number of ether oxygens (including phenoxy) is 1. The molecule has 0 saturated carbocycles. The van der Waals surface area contributed by atoms with Crippen molar-refractivity contribution in [2.24, 2.45) is 11.3 Å². The average Bonchev–Trinajstić information content (AvgIpc) is 2.77. The Hall–Kier alpha value is -3.20. The zero-order valence-corrected chi connectivity index (χ0v) is 20.7. The molecule has 0 fully saturated rings. The van der Waals surface area contributed by atoms with Crippen LogP contribution in [0.3, 0.4) is 0 Å². The molecular weight excluding hydrogens is 408 g/mol. The fraction of sp³-hybridized carbons (Fsp3) is 0.333. The Bertz CT molecular complexity index is 1030. The molecular formula is C30H36O3. The Morgan fingerprint density at radius 3 is 2.45 bits per heavy atom. The van der Waals surface area contributed by atoms with E-state index in [-0.39, 0.29) is 23.1 Å². The molecule has 1 aliphatic carbocycles. The second-order valence-electron chi connectivity index (χ2n) is 9.25. The fourth-order valence-corrected chi connectivity index (χ4v) is 4.15. The first-order valence-corrected chi connectivity index (χ1v) is 11.4. The van der Waals surface area contributed by atoms with Gasteiger partial charge < -0.3 is 4.74 Å². The standard InChI is InChI=1S/C30H36O3/c1-22(12-10-13-23(2)20-28(31)33-6)18-19-27-24(3)29(32)26(21-30(27,4)5)17-11-16-25-14-8-7-9-15-25/h7-16,18-20,26H,17,21H2,1-6H3/b13-10+,16-11+,19-18+,22-12+,23-20+. The predicted octanol–water partition coefficient (Wildman–Crippen LogP) is 7.20. The van der Waals surface area contributed by atoms with Crippen molar-refractivity contribution in [2.45, 2.75) is 47.5 Å². The maximum Gasteiger partial charge on any atom is 0.330 e. The topological polar surface area (TPSA) is 43.4 Å². The van der Waals surface area contributed by atoms with Gasteiger partial charge in [-0.25, -0.2) is 4.79 Å². The predicted molar refractivity (Wildman–Crippen MR) is 137 cm³/mol. The molecule has 3 heteroatoms. The molecule has 174 valence electrons. The zero-order valence-electron chi connectivity index (χ0n) is 20.7. The largest absolute Gasteiger partial charge is 0.466 e. The summed E-state index contributed by atoms with van der Waals surface area (Å²) in [5.74, 6) is -0.101. The molecule has 2 rings (SSSR count). The van der Waals surface area contributed by atoms with E-state index in [9.17, 15) is 9.59 Å². The van der Waals surface area contributed by atoms with Crippen molar-refractivity contribution >= 4 is 17.8 Å². The first-order valence-electron chi connectivity index (χ1n) is 11.4. The summed E-state index contributed by atoms with van der Waals surface area (Å²) in [6, 6.07) is 10.2. The van der Waals surface area contributed by atoms with Crippen molar-refractivity contribution in [1.29, 1.82) is 0 Å². The Kier molecular flexibility index (Phi) is 9.59. The van der Waals surface area contributed by atoms with Crippen LogP contribution < -0.4 is 0 Å². The van der Waals surface area contributed by atoms with E-state index in [2.05, 4.69) is 48.9 Å². The van der Waals surface area contributed by atoms with Crippen LogP contribution in [0.25, 0.3) is 6.08 Å². The third kappa shape index (κ3) is 8.02. The molecule has 1 atom stereocenters. The number of rotatable bonds is 8. The van der Waals surface area contributed by atoms with E-state index in [1.54, 1.807) is 0 Å². The van der Waals surface area contributed by atoms with Crippen molar-refractivity contribution in [3.63, 3.8) is 0 Å². The number of hydrogen-bond acceptors (Lipinski definition) is 3. The highest BCUT2D eigenvalue weighted by atomic mass is 16.5. The van der Waals surface area contributed by atoms with E-state index >= 15 is 0 Å². The van der Waals surface area contributed by atoms with Crippen molar-refractivity contribution in [3.8, 4) is 0 Å². The highest BCUT2D eigenvalue weighted by Gasteiger charge is 2.36. The molecule has 3 nitrogen and oxygen atoms in total. The highest BCUT2D eigenvalue weighted by molar-refractivity contribution is 5.99. The minimum absolute atomic E-state index is 0.0151. The lowest BCUT2D eigenvalue weighted by Gasteiger charge is -2.36. The number of carbonyl (C=O) groups is 2. The lowest BCUT2D eigenvalue weighted by molar-refractivity contribution is -0.134. The number of ketones is 1. The lowest BCUT2D eigenvalue weighted by Crippen LogP contribution is -2.32. The molecule has 0 aliphatic heterocycles. The second kappa shape index (κ2) is 12.2. The molecule has 0 spiro atoms. The van der Waals surface area contributed by atoms with Gasteiger partial charge in [0.25, 0.3) is 0 Å². The quantitative estimate of drug-likeness (QED) is 0.242. The summed E-state index contributed by atoms with van der Waals surface area (Å²) in [5.41, 5.74) is 4.93. The third-order valence-corrected chi connectivity index (χ3v) is 5.94. The molecule has 33 heavy (non-hydrogen) atoms. The van der Waals surface area contributed by atoms with Crippen molar-refractivity contribution in [1.82, 2.24) is 0 Å². The van der Waals surface area contributed by atoms with Crippen LogP contribution >= 0.6 is 0 Å². The first kappa shape index (κ1) is 26.1. The average molecular weight is 445 g/mol. The Labute approximate surface area is 198 Å². The van der Waals surface area contributed by atoms with E-state index in [1.165, 1.54) is 13.2 Å². The highest BCUT2D eigenvalue weighted by Crippen LogP contribution is 2.43. The van der Waals surface area contributed by atoms with Gasteiger partial charge in [0.15, 0.2) is 5.78 Å². The number of hydrogen-bond donors (Lipinski definition) is 0. The summed E-state index contributed by atoms with van der Waals surface area (Å²) in [6.45, 7) is 10.3. The summed E-state index contributed by atoms with van der Waals surface area (Å²) in [4.78, 5) is 24.3. The molecule has 0 saturated heterocycles. The molecule has 1 aromatic rings. The van der Waals surface area contributed by atoms with Crippen LogP contribution in [-0.4, -0.2) is 18.9 Å². The van der Waals surface area contributed by atoms with Gasteiger partial charge in [-0.3, -0.25) is 4.79 Å². The van der Waals surface area contributed by atoms with Gasteiger partial charge in [0.05, 0.1) is 7.11 Å². The van der Waals surface area contributed by atoms with Gasteiger partial charge in [0.1, 0.15) is 0 Å².